The zero-order valence-corrected chi connectivity index (χ0v) is 15.7. The number of hydrogen-bond donors (Lipinski definition) is 5. The minimum Gasteiger partial charge on any atom is -0.508 e. The number of rotatable bonds is 7. The van der Waals surface area contributed by atoms with Crippen LogP contribution < -0.4 is 16.4 Å². The normalized spacial score (nSPS) is 12.9. The molecule has 6 N–H and O–H groups in total. The lowest BCUT2D eigenvalue weighted by Gasteiger charge is -2.20. The molecule has 7 nitrogen and oxygen atoms in total. The van der Waals surface area contributed by atoms with Crippen LogP contribution in [0.1, 0.15) is 5.56 Å². The standard InChI is InChI=1S/C22H23N3O4/c23-19(13-26)21(28)25-20(11-14-5-9-18(27)10-6-14)22(29)24-17-8-7-15-3-1-2-4-16(15)12-17/h1-10,12,19-20,26-27H,11,13,23H2,(H,24,29)(H,25,28). The molecule has 0 aromatic heterocycles. The van der Waals surface area contributed by atoms with E-state index in [0.29, 0.717) is 5.69 Å². The Kier molecular flexibility index (Phi) is 6.43. The van der Waals surface area contributed by atoms with E-state index in [1.807, 2.05) is 36.4 Å². The van der Waals surface area contributed by atoms with Gasteiger partial charge in [0.2, 0.25) is 11.8 Å². The van der Waals surface area contributed by atoms with Crippen molar-refractivity contribution in [3.8, 4) is 5.75 Å². The van der Waals surface area contributed by atoms with Crippen molar-refractivity contribution >= 4 is 28.3 Å². The zero-order valence-electron chi connectivity index (χ0n) is 15.7. The van der Waals surface area contributed by atoms with Gasteiger partial charge in [-0.2, -0.15) is 0 Å². The second-order valence-corrected chi connectivity index (χ2v) is 6.77. The van der Waals surface area contributed by atoms with Crippen LogP contribution in [0.4, 0.5) is 5.69 Å². The molecule has 0 fully saturated rings. The number of fused-ring (bicyclic) bond motifs is 1. The average molecular weight is 393 g/mol. The number of carbonyl (C=O) groups excluding carboxylic acids is 2. The first-order valence-corrected chi connectivity index (χ1v) is 9.20. The first-order chi connectivity index (χ1) is 14.0. The fourth-order valence-corrected chi connectivity index (χ4v) is 2.94. The third-order valence-corrected chi connectivity index (χ3v) is 4.56. The summed E-state index contributed by atoms with van der Waals surface area (Å²) in [5, 5.41) is 26.0. The predicted molar refractivity (Wildman–Crippen MR) is 111 cm³/mol. The van der Waals surface area contributed by atoms with Crippen LogP contribution in [-0.4, -0.2) is 40.7 Å². The number of aliphatic hydroxyl groups is 1. The van der Waals surface area contributed by atoms with E-state index in [1.54, 1.807) is 18.2 Å². The molecule has 7 heteroatoms. The lowest BCUT2D eigenvalue weighted by atomic mass is 10.0. The molecule has 0 saturated heterocycles. The van der Waals surface area contributed by atoms with Crippen LogP contribution in [0.3, 0.4) is 0 Å². The fourth-order valence-electron chi connectivity index (χ4n) is 2.94. The molecular weight excluding hydrogens is 370 g/mol. The second-order valence-electron chi connectivity index (χ2n) is 6.77. The molecule has 0 bridgehead atoms. The van der Waals surface area contributed by atoms with E-state index < -0.39 is 30.5 Å². The highest BCUT2D eigenvalue weighted by molar-refractivity contribution is 5.99. The van der Waals surface area contributed by atoms with E-state index in [-0.39, 0.29) is 12.2 Å². The Morgan fingerprint density at radius 3 is 2.31 bits per heavy atom. The number of anilines is 1. The van der Waals surface area contributed by atoms with Crippen LogP contribution in [-0.2, 0) is 16.0 Å². The zero-order chi connectivity index (χ0) is 20.8. The summed E-state index contributed by atoms with van der Waals surface area (Å²) in [7, 11) is 0. The number of hydrogen-bond acceptors (Lipinski definition) is 5. The Morgan fingerprint density at radius 1 is 0.931 bits per heavy atom. The number of benzene rings is 3. The summed E-state index contributed by atoms with van der Waals surface area (Å²) in [6.07, 6.45) is 0.198. The van der Waals surface area contributed by atoms with Crippen LogP contribution in [0.2, 0.25) is 0 Å². The van der Waals surface area contributed by atoms with Crippen molar-refractivity contribution in [2.45, 2.75) is 18.5 Å². The molecule has 2 amide bonds. The maximum absolute atomic E-state index is 12.9. The minimum atomic E-state index is -1.12. The largest absolute Gasteiger partial charge is 0.508 e. The average Bonchev–Trinajstić information content (AvgIpc) is 2.74. The van der Waals surface area contributed by atoms with E-state index in [2.05, 4.69) is 10.6 Å². The van der Waals surface area contributed by atoms with Crippen LogP contribution in [0.15, 0.2) is 66.7 Å². The van der Waals surface area contributed by atoms with Gasteiger partial charge in [-0.15, -0.1) is 0 Å². The Balaban J connectivity index is 1.79. The summed E-state index contributed by atoms with van der Waals surface area (Å²) < 4.78 is 0. The first kappa shape index (κ1) is 20.3. The van der Waals surface area contributed by atoms with Crippen LogP contribution in [0.5, 0.6) is 5.75 Å². The molecule has 2 unspecified atom stereocenters. The maximum atomic E-state index is 12.9. The summed E-state index contributed by atoms with van der Waals surface area (Å²) in [5.41, 5.74) is 6.92. The molecule has 150 valence electrons. The highest BCUT2D eigenvalue weighted by Crippen LogP contribution is 2.19. The quantitative estimate of drug-likeness (QED) is 0.416. The third kappa shape index (κ3) is 5.31. The third-order valence-electron chi connectivity index (χ3n) is 4.56. The monoisotopic (exact) mass is 393 g/mol. The van der Waals surface area contributed by atoms with Crippen LogP contribution >= 0.6 is 0 Å². The molecular formula is C22H23N3O4. The van der Waals surface area contributed by atoms with Crippen molar-refractivity contribution in [3.63, 3.8) is 0 Å². The van der Waals surface area contributed by atoms with Crippen molar-refractivity contribution in [2.75, 3.05) is 11.9 Å². The fraction of sp³-hybridized carbons (Fsp3) is 0.182. The molecule has 3 aromatic carbocycles. The molecule has 29 heavy (non-hydrogen) atoms. The van der Waals surface area contributed by atoms with Gasteiger partial charge in [0.05, 0.1) is 6.61 Å². The Morgan fingerprint density at radius 2 is 1.62 bits per heavy atom. The molecule has 0 spiro atoms. The van der Waals surface area contributed by atoms with Crippen molar-refractivity contribution in [2.24, 2.45) is 5.73 Å². The van der Waals surface area contributed by atoms with Crippen molar-refractivity contribution in [1.82, 2.24) is 5.32 Å². The van der Waals surface area contributed by atoms with Crippen molar-refractivity contribution < 1.29 is 19.8 Å². The number of carbonyl (C=O) groups is 2. The van der Waals surface area contributed by atoms with E-state index in [9.17, 15) is 14.7 Å². The summed E-state index contributed by atoms with van der Waals surface area (Å²) >= 11 is 0. The molecule has 0 saturated carbocycles. The molecule has 0 heterocycles. The van der Waals surface area contributed by atoms with Gasteiger partial charge in [0, 0.05) is 12.1 Å². The van der Waals surface area contributed by atoms with E-state index in [1.165, 1.54) is 12.1 Å². The highest BCUT2D eigenvalue weighted by atomic mass is 16.3. The Labute approximate surface area is 168 Å². The van der Waals surface area contributed by atoms with Gasteiger partial charge in [0.15, 0.2) is 0 Å². The number of aliphatic hydroxyl groups excluding tert-OH is 1. The van der Waals surface area contributed by atoms with Gasteiger partial charge in [-0.1, -0.05) is 42.5 Å². The summed E-state index contributed by atoms with van der Waals surface area (Å²) in [6, 6.07) is 17.7. The number of phenols is 1. The minimum absolute atomic E-state index is 0.109. The number of nitrogens with one attached hydrogen (secondary N) is 2. The molecule has 2 atom stereocenters. The van der Waals surface area contributed by atoms with E-state index in [4.69, 9.17) is 10.8 Å². The molecule has 0 radical (unpaired) electrons. The number of amides is 2. The lowest BCUT2D eigenvalue weighted by Crippen LogP contribution is -2.52. The van der Waals surface area contributed by atoms with Gasteiger partial charge in [0.1, 0.15) is 17.8 Å². The van der Waals surface area contributed by atoms with Gasteiger partial charge < -0.3 is 26.6 Å². The molecule has 3 rings (SSSR count). The number of nitrogens with two attached hydrogens (primary N) is 1. The SMILES string of the molecule is NC(CO)C(=O)NC(Cc1ccc(O)cc1)C(=O)Nc1ccc2ccccc2c1. The first-order valence-electron chi connectivity index (χ1n) is 9.20. The highest BCUT2D eigenvalue weighted by Gasteiger charge is 2.24. The van der Waals surface area contributed by atoms with Crippen LogP contribution in [0, 0.1) is 0 Å². The molecule has 0 aliphatic rings. The molecule has 0 aliphatic heterocycles. The maximum Gasteiger partial charge on any atom is 0.247 e. The van der Waals surface area contributed by atoms with Gasteiger partial charge in [-0.25, -0.2) is 0 Å². The summed E-state index contributed by atoms with van der Waals surface area (Å²) in [4.78, 5) is 25.0. The summed E-state index contributed by atoms with van der Waals surface area (Å²) in [5.74, 6) is -0.922. The lowest BCUT2D eigenvalue weighted by molar-refractivity contribution is -0.127. The second kappa shape index (κ2) is 9.18. The van der Waals surface area contributed by atoms with Gasteiger partial charge in [-0.3, -0.25) is 9.59 Å². The number of aromatic hydroxyl groups is 1. The van der Waals surface area contributed by atoms with Crippen molar-refractivity contribution in [3.05, 3.63) is 72.3 Å². The number of phenolic OH excluding ortho intramolecular Hbond substituents is 1. The van der Waals surface area contributed by atoms with Crippen molar-refractivity contribution in [1.29, 1.82) is 0 Å². The predicted octanol–water partition coefficient (Wildman–Crippen LogP) is 1.53. The topological polar surface area (TPSA) is 125 Å². The van der Waals surface area contributed by atoms with E-state index >= 15 is 0 Å². The van der Waals surface area contributed by atoms with Gasteiger partial charge in [0.25, 0.3) is 0 Å². The van der Waals surface area contributed by atoms with Crippen LogP contribution in [0.25, 0.3) is 10.8 Å². The molecule has 0 aliphatic carbocycles. The van der Waals surface area contributed by atoms with Gasteiger partial charge >= 0.3 is 0 Å². The van der Waals surface area contributed by atoms with E-state index in [0.717, 1.165) is 16.3 Å². The van der Waals surface area contributed by atoms with Gasteiger partial charge in [-0.05, 0) is 40.6 Å². The Bertz CT molecular complexity index is 1000. The Hall–Kier alpha value is -3.42. The summed E-state index contributed by atoms with van der Waals surface area (Å²) in [6.45, 7) is -0.524. The molecule has 3 aromatic rings. The smallest absolute Gasteiger partial charge is 0.247 e.